The number of benzene rings is 1. The van der Waals surface area contributed by atoms with Crippen molar-refractivity contribution in [1.82, 2.24) is 24.6 Å². The normalized spacial score (nSPS) is 15.7. The standard InChI is InChI=1S/C18H21N5O2S/c1-2-22-12-19-21-18(22)26-11-16(24)23-9-7-13(8-10-23)17-20-14-5-3-4-6-15(14)25-17/h3-6,12-13H,2,7-11H2,1H3. The summed E-state index contributed by atoms with van der Waals surface area (Å²) < 4.78 is 7.83. The SMILES string of the molecule is CCn1cnnc1SCC(=O)N1CCC(c2nc3ccccc3o2)CC1. The van der Waals surface area contributed by atoms with Gasteiger partial charge in [0.05, 0.1) is 5.75 Å². The zero-order valence-electron chi connectivity index (χ0n) is 14.7. The molecular formula is C18H21N5O2S. The molecule has 26 heavy (non-hydrogen) atoms. The molecule has 0 N–H and O–H groups in total. The first kappa shape index (κ1) is 17.1. The maximum absolute atomic E-state index is 12.5. The number of carbonyl (C=O) groups excluding carboxylic acids is 1. The molecule has 0 atom stereocenters. The molecule has 1 aromatic carbocycles. The second kappa shape index (κ2) is 7.49. The third-order valence-electron chi connectivity index (χ3n) is 4.75. The lowest BCUT2D eigenvalue weighted by Crippen LogP contribution is -2.39. The zero-order chi connectivity index (χ0) is 17.9. The van der Waals surface area contributed by atoms with Crippen molar-refractivity contribution >= 4 is 28.8 Å². The minimum atomic E-state index is 0.150. The van der Waals surface area contributed by atoms with Crippen LogP contribution in [0.4, 0.5) is 0 Å². The number of thioether (sulfide) groups is 1. The van der Waals surface area contributed by atoms with Crippen molar-refractivity contribution in [3.8, 4) is 0 Å². The van der Waals surface area contributed by atoms with Gasteiger partial charge in [-0.2, -0.15) is 0 Å². The third-order valence-corrected chi connectivity index (χ3v) is 5.72. The largest absolute Gasteiger partial charge is 0.440 e. The van der Waals surface area contributed by atoms with E-state index in [2.05, 4.69) is 15.2 Å². The van der Waals surface area contributed by atoms with E-state index < -0.39 is 0 Å². The molecule has 2 aromatic heterocycles. The summed E-state index contributed by atoms with van der Waals surface area (Å²) >= 11 is 1.45. The Morgan fingerprint density at radius 3 is 2.88 bits per heavy atom. The number of para-hydroxylation sites is 2. The molecule has 1 amide bonds. The van der Waals surface area contributed by atoms with Crippen LogP contribution >= 0.6 is 11.8 Å². The Morgan fingerprint density at radius 1 is 1.31 bits per heavy atom. The van der Waals surface area contributed by atoms with Crippen molar-refractivity contribution in [2.75, 3.05) is 18.8 Å². The number of aromatic nitrogens is 4. The molecule has 1 aliphatic heterocycles. The van der Waals surface area contributed by atoms with Crippen LogP contribution in [-0.2, 0) is 11.3 Å². The van der Waals surface area contributed by atoms with Crippen LogP contribution in [-0.4, -0.2) is 49.4 Å². The fraction of sp³-hybridized carbons (Fsp3) is 0.444. The Bertz CT molecular complexity index is 865. The van der Waals surface area contributed by atoms with Gasteiger partial charge >= 0.3 is 0 Å². The van der Waals surface area contributed by atoms with Crippen molar-refractivity contribution in [2.24, 2.45) is 0 Å². The number of fused-ring (bicyclic) bond motifs is 1. The number of hydrogen-bond donors (Lipinski definition) is 0. The van der Waals surface area contributed by atoms with E-state index in [4.69, 9.17) is 4.42 Å². The summed E-state index contributed by atoms with van der Waals surface area (Å²) in [5, 5.41) is 8.75. The number of carbonyl (C=O) groups is 1. The van der Waals surface area contributed by atoms with E-state index in [9.17, 15) is 4.79 Å². The predicted octanol–water partition coefficient (Wildman–Crippen LogP) is 2.94. The Morgan fingerprint density at radius 2 is 2.12 bits per heavy atom. The lowest BCUT2D eigenvalue weighted by Gasteiger charge is -2.30. The minimum Gasteiger partial charge on any atom is -0.440 e. The monoisotopic (exact) mass is 371 g/mol. The van der Waals surface area contributed by atoms with E-state index >= 15 is 0 Å². The average Bonchev–Trinajstić information content (AvgIpc) is 3.32. The second-order valence-electron chi connectivity index (χ2n) is 6.36. The van der Waals surface area contributed by atoms with Gasteiger partial charge in [-0.05, 0) is 31.9 Å². The topological polar surface area (TPSA) is 77.1 Å². The molecule has 0 unspecified atom stereocenters. The highest BCUT2D eigenvalue weighted by Crippen LogP contribution is 2.30. The quantitative estimate of drug-likeness (QED) is 0.642. The lowest BCUT2D eigenvalue weighted by atomic mass is 9.97. The van der Waals surface area contributed by atoms with Gasteiger partial charge in [-0.25, -0.2) is 4.98 Å². The molecular weight excluding hydrogens is 350 g/mol. The molecule has 8 heteroatoms. The van der Waals surface area contributed by atoms with Gasteiger partial charge in [-0.15, -0.1) is 10.2 Å². The van der Waals surface area contributed by atoms with Crippen molar-refractivity contribution in [3.05, 3.63) is 36.5 Å². The number of oxazole rings is 1. The van der Waals surface area contributed by atoms with Crippen LogP contribution in [0.1, 0.15) is 31.6 Å². The Kier molecular flexibility index (Phi) is 4.92. The average molecular weight is 371 g/mol. The molecule has 0 aliphatic carbocycles. The van der Waals surface area contributed by atoms with Crippen LogP contribution in [0.3, 0.4) is 0 Å². The number of likely N-dealkylation sites (tertiary alicyclic amines) is 1. The summed E-state index contributed by atoms with van der Waals surface area (Å²) in [5.41, 5.74) is 1.73. The van der Waals surface area contributed by atoms with E-state index in [1.165, 1.54) is 11.8 Å². The number of piperidine rings is 1. The molecule has 0 radical (unpaired) electrons. The van der Waals surface area contributed by atoms with Crippen LogP contribution < -0.4 is 0 Å². The number of aryl methyl sites for hydroxylation is 1. The van der Waals surface area contributed by atoms with Crippen LogP contribution in [0.25, 0.3) is 11.1 Å². The van der Waals surface area contributed by atoms with E-state index in [0.717, 1.165) is 54.6 Å². The first-order valence-corrected chi connectivity index (χ1v) is 9.87. The highest BCUT2D eigenvalue weighted by molar-refractivity contribution is 7.99. The summed E-state index contributed by atoms with van der Waals surface area (Å²) in [6.45, 7) is 4.32. The molecule has 1 fully saturated rings. The molecule has 1 aliphatic rings. The first-order chi connectivity index (χ1) is 12.7. The van der Waals surface area contributed by atoms with E-state index in [-0.39, 0.29) is 11.8 Å². The van der Waals surface area contributed by atoms with Gasteiger partial charge in [0.15, 0.2) is 16.6 Å². The molecule has 4 rings (SSSR count). The Hall–Kier alpha value is -2.35. The van der Waals surface area contributed by atoms with Crippen molar-refractivity contribution in [2.45, 2.75) is 37.4 Å². The minimum absolute atomic E-state index is 0.150. The maximum Gasteiger partial charge on any atom is 0.233 e. The van der Waals surface area contributed by atoms with Crippen LogP contribution in [0.15, 0.2) is 40.2 Å². The summed E-state index contributed by atoms with van der Waals surface area (Å²) in [7, 11) is 0. The Balaban J connectivity index is 1.32. The molecule has 7 nitrogen and oxygen atoms in total. The summed E-state index contributed by atoms with van der Waals surface area (Å²) in [6.07, 6.45) is 3.46. The predicted molar refractivity (Wildman–Crippen MR) is 99.0 cm³/mol. The summed E-state index contributed by atoms with van der Waals surface area (Å²) in [4.78, 5) is 19.0. The zero-order valence-corrected chi connectivity index (χ0v) is 15.5. The van der Waals surface area contributed by atoms with Crippen LogP contribution in [0.5, 0.6) is 0 Å². The van der Waals surface area contributed by atoms with E-state index in [1.807, 2.05) is 40.7 Å². The highest BCUT2D eigenvalue weighted by Gasteiger charge is 2.27. The van der Waals surface area contributed by atoms with E-state index in [1.54, 1.807) is 6.33 Å². The number of rotatable bonds is 5. The molecule has 0 saturated carbocycles. The fourth-order valence-electron chi connectivity index (χ4n) is 3.23. The van der Waals surface area contributed by atoms with Gasteiger partial charge in [0.1, 0.15) is 11.8 Å². The molecule has 0 spiro atoms. The molecule has 3 aromatic rings. The molecule has 0 bridgehead atoms. The highest BCUT2D eigenvalue weighted by atomic mass is 32.2. The fourth-order valence-corrected chi connectivity index (χ4v) is 4.11. The van der Waals surface area contributed by atoms with Gasteiger partial charge in [-0.1, -0.05) is 23.9 Å². The molecule has 3 heterocycles. The van der Waals surface area contributed by atoms with Crippen LogP contribution in [0, 0.1) is 0 Å². The summed E-state index contributed by atoms with van der Waals surface area (Å²) in [5.74, 6) is 1.62. The Labute approximate surface area is 155 Å². The van der Waals surface area contributed by atoms with Gasteiger partial charge < -0.3 is 13.9 Å². The maximum atomic E-state index is 12.5. The van der Waals surface area contributed by atoms with Crippen molar-refractivity contribution in [3.63, 3.8) is 0 Å². The van der Waals surface area contributed by atoms with Crippen LogP contribution in [0.2, 0.25) is 0 Å². The van der Waals surface area contributed by atoms with Gasteiger partial charge in [0, 0.05) is 25.6 Å². The lowest BCUT2D eigenvalue weighted by molar-refractivity contribution is -0.129. The third kappa shape index (κ3) is 3.46. The number of amides is 1. The van der Waals surface area contributed by atoms with E-state index in [0.29, 0.717) is 5.75 Å². The van der Waals surface area contributed by atoms with Gasteiger partial charge in [-0.3, -0.25) is 4.79 Å². The number of nitrogens with zero attached hydrogens (tertiary/aromatic N) is 5. The van der Waals surface area contributed by atoms with Gasteiger partial charge in [0.2, 0.25) is 5.91 Å². The second-order valence-corrected chi connectivity index (χ2v) is 7.31. The number of hydrogen-bond acceptors (Lipinski definition) is 6. The van der Waals surface area contributed by atoms with Gasteiger partial charge in [0.25, 0.3) is 0 Å². The molecule has 136 valence electrons. The smallest absolute Gasteiger partial charge is 0.233 e. The molecule has 1 saturated heterocycles. The summed E-state index contributed by atoms with van der Waals surface area (Å²) in [6, 6.07) is 7.83. The van der Waals surface area contributed by atoms with Crippen molar-refractivity contribution < 1.29 is 9.21 Å². The first-order valence-electron chi connectivity index (χ1n) is 8.88. The van der Waals surface area contributed by atoms with Crippen molar-refractivity contribution in [1.29, 1.82) is 0 Å².